The molecular formula is C31H37N3O. The molecule has 2 heterocycles. The number of fused-ring (bicyclic) bond motifs is 2. The van der Waals surface area contributed by atoms with Gasteiger partial charge in [0.1, 0.15) is 0 Å². The summed E-state index contributed by atoms with van der Waals surface area (Å²) in [7, 11) is 0. The zero-order chi connectivity index (χ0) is 24.2. The number of benzene rings is 3. The maximum absolute atomic E-state index is 12.3. The number of pyridine rings is 1. The fourth-order valence-electron chi connectivity index (χ4n) is 5.54. The summed E-state index contributed by atoms with van der Waals surface area (Å²) in [4.78, 5) is 18.1. The Labute approximate surface area is 208 Å². The topological polar surface area (TPSA) is 48.1 Å². The number of hydrogen-bond acceptors (Lipinski definition) is 3. The quantitative estimate of drug-likeness (QED) is 0.304. The van der Waals surface area contributed by atoms with Gasteiger partial charge in [-0.15, -0.1) is 0 Å². The van der Waals surface area contributed by atoms with Crippen LogP contribution >= 0.6 is 0 Å². The van der Waals surface area contributed by atoms with E-state index in [-0.39, 0.29) is 11.6 Å². The Morgan fingerprint density at radius 1 is 0.914 bits per heavy atom. The number of nitrogens with one attached hydrogen (secondary N) is 2. The highest BCUT2D eigenvalue weighted by Crippen LogP contribution is 2.34. The Morgan fingerprint density at radius 3 is 2.37 bits per heavy atom. The first-order valence-corrected chi connectivity index (χ1v) is 13.3. The number of unbranched alkanes of at least 4 members (excludes halogenated alkanes) is 1. The molecule has 0 aliphatic carbocycles. The van der Waals surface area contributed by atoms with Crippen LogP contribution in [-0.2, 0) is 6.42 Å². The van der Waals surface area contributed by atoms with Crippen LogP contribution in [0, 0.1) is 0 Å². The smallest absolute Gasteiger partial charge is 0.251 e. The molecule has 0 saturated carbocycles. The predicted octanol–water partition coefficient (Wildman–Crippen LogP) is 6.19. The molecule has 2 N–H and O–H groups in total. The van der Waals surface area contributed by atoms with Gasteiger partial charge in [-0.3, -0.25) is 9.69 Å². The van der Waals surface area contributed by atoms with Crippen LogP contribution in [0.2, 0.25) is 0 Å². The number of H-pyrrole nitrogens is 1. The van der Waals surface area contributed by atoms with Crippen molar-refractivity contribution in [3.05, 3.63) is 93.8 Å². The Kier molecular flexibility index (Phi) is 7.31. The van der Waals surface area contributed by atoms with E-state index in [0.29, 0.717) is 6.04 Å². The van der Waals surface area contributed by atoms with Crippen molar-refractivity contribution in [2.75, 3.05) is 19.6 Å². The van der Waals surface area contributed by atoms with Gasteiger partial charge < -0.3 is 10.3 Å². The minimum Gasteiger partial charge on any atom is -0.322 e. The number of aromatic nitrogens is 1. The van der Waals surface area contributed by atoms with Crippen LogP contribution in [0.5, 0.6) is 0 Å². The molecule has 1 aromatic heterocycles. The lowest BCUT2D eigenvalue weighted by atomic mass is 9.91. The largest absolute Gasteiger partial charge is 0.322 e. The molecule has 182 valence electrons. The second-order valence-electron chi connectivity index (χ2n) is 9.95. The second kappa shape index (κ2) is 10.8. The van der Waals surface area contributed by atoms with Crippen molar-refractivity contribution in [1.82, 2.24) is 15.2 Å². The summed E-state index contributed by atoms with van der Waals surface area (Å²) < 4.78 is 0. The summed E-state index contributed by atoms with van der Waals surface area (Å²) in [6.45, 7) is 7.56. The molecule has 1 aliphatic heterocycles. The molecule has 1 fully saturated rings. The number of nitrogens with zero attached hydrogens (tertiary/aromatic N) is 1. The van der Waals surface area contributed by atoms with E-state index < -0.39 is 0 Å². The molecule has 4 aromatic rings. The summed E-state index contributed by atoms with van der Waals surface area (Å²) >= 11 is 0. The van der Waals surface area contributed by atoms with Crippen molar-refractivity contribution in [3.8, 4) is 0 Å². The van der Waals surface area contributed by atoms with E-state index in [1.54, 1.807) is 0 Å². The van der Waals surface area contributed by atoms with Gasteiger partial charge in [-0.2, -0.15) is 0 Å². The fraction of sp³-hybridized carbons (Fsp3) is 0.387. The summed E-state index contributed by atoms with van der Waals surface area (Å²) in [5.74, 6) is 0. The zero-order valence-corrected chi connectivity index (χ0v) is 21.0. The molecule has 4 heteroatoms. The molecule has 1 unspecified atom stereocenters. The number of aromatic amines is 1. The summed E-state index contributed by atoms with van der Waals surface area (Å²) in [6, 6.07) is 25.0. The highest BCUT2D eigenvalue weighted by atomic mass is 16.1. The van der Waals surface area contributed by atoms with Gasteiger partial charge in [-0.1, -0.05) is 62.7 Å². The van der Waals surface area contributed by atoms with Crippen molar-refractivity contribution in [2.24, 2.45) is 0 Å². The predicted molar refractivity (Wildman–Crippen MR) is 147 cm³/mol. The van der Waals surface area contributed by atoms with Gasteiger partial charge in [-0.25, -0.2) is 0 Å². The zero-order valence-electron chi connectivity index (χ0n) is 21.0. The van der Waals surface area contributed by atoms with Crippen LogP contribution in [0.4, 0.5) is 0 Å². The minimum absolute atomic E-state index is 0.0245. The normalized spacial score (nSPS) is 16.2. The molecule has 0 radical (unpaired) electrons. The molecule has 1 atom stereocenters. The van der Waals surface area contributed by atoms with E-state index in [0.717, 1.165) is 42.5 Å². The molecule has 35 heavy (non-hydrogen) atoms. The number of likely N-dealkylation sites (tertiary alicyclic amines) is 1. The molecular weight excluding hydrogens is 430 g/mol. The number of piperidine rings is 1. The third-order valence-electron chi connectivity index (χ3n) is 7.59. The van der Waals surface area contributed by atoms with Gasteiger partial charge in [-0.05, 0) is 83.8 Å². The van der Waals surface area contributed by atoms with Gasteiger partial charge in [0, 0.05) is 30.2 Å². The fourth-order valence-corrected chi connectivity index (χ4v) is 5.54. The Balaban J connectivity index is 1.51. The van der Waals surface area contributed by atoms with Gasteiger partial charge in [0.25, 0.3) is 5.56 Å². The summed E-state index contributed by atoms with van der Waals surface area (Å²) in [5.41, 5.74) is 4.40. The maximum Gasteiger partial charge on any atom is 0.251 e. The van der Waals surface area contributed by atoms with Gasteiger partial charge in [0.05, 0.1) is 6.04 Å². The first-order chi connectivity index (χ1) is 17.2. The molecule has 1 saturated heterocycles. The minimum atomic E-state index is 0.0245. The van der Waals surface area contributed by atoms with Crippen molar-refractivity contribution < 1.29 is 0 Å². The lowest BCUT2D eigenvalue weighted by Crippen LogP contribution is -2.44. The van der Waals surface area contributed by atoms with Crippen molar-refractivity contribution in [3.63, 3.8) is 0 Å². The van der Waals surface area contributed by atoms with E-state index >= 15 is 0 Å². The van der Waals surface area contributed by atoms with Crippen molar-refractivity contribution >= 4 is 21.7 Å². The van der Waals surface area contributed by atoms with Crippen LogP contribution in [0.3, 0.4) is 0 Å². The third-order valence-corrected chi connectivity index (χ3v) is 7.59. The Hall–Kier alpha value is -2.95. The van der Waals surface area contributed by atoms with Crippen LogP contribution in [0.15, 0.2) is 71.5 Å². The Morgan fingerprint density at radius 2 is 1.63 bits per heavy atom. The van der Waals surface area contributed by atoms with Crippen LogP contribution < -0.4 is 10.9 Å². The third kappa shape index (κ3) is 5.19. The molecule has 3 aromatic carbocycles. The lowest BCUT2D eigenvalue weighted by Gasteiger charge is -2.38. The highest BCUT2D eigenvalue weighted by molar-refractivity contribution is 5.83. The monoisotopic (exact) mass is 467 g/mol. The van der Waals surface area contributed by atoms with Crippen LogP contribution in [-0.4, -0.2) is 35.6 Å². The van der Waals surface area contributed by atoms with Crippen molar-refractivity contribution in [1.29, 1.82) is 0 Å². The van der Waals surface area contributed by atoms with Crippen LogP contribution in [0.25, 0.3) is 21.7 Å². The molecule has 0 spiro atoms. The Bertz CT molecular complexity index is 1350. The summed E-state index contributed by atoms with van der Waals surface area (Å²) in [5, 5.41) is 7.44. The molecule has 4 nitrogen and oxygen atoms in total. The first kappa shape index (κ1) is 23.8. The highest BCUT2D eigenvalue weighted by Gasteiger charge is 2.27. The van der Waals surface area contributed by atoms with E-state index in [4.69, 9.17) is 0 Å². The number of rotatable bonds is 8. The SMILES string of the molecule is CCCCNC1CCN(C(c2ccc3ccccc3c2)c2ccc3[nH]c(=O)c(CC)cc3c2)CC1. The van der Waals surface area contributed by atoms with Gasteiger partial charge in [0.15, 0.2) is 0 Å². The lowest BCUT2D eigenvalue weighted by molar-refractivity contribution is 0.163. The number of aryl methyl sites for hydroxylation is 1. The van der Waals surface area contributed by atoms with E-state index in [1.807, 2.05) is 6.92 Å². The second-order valence-corrected chi connectivity index (χ2v) is 9.95. The van der Waals surface area contributed by atoms with Crippen molar-refractivity contribution in [2.45, 2.75) is 58.0 Å². The number of hydrogen-bond donors (Lipinski definition) is 2. The standard InChI is InChI=1S/C31H37N3O/c1-3-5-16-32-28-14-17-34(18-15-28)30(25-11-10-23-8-6-7-9-24(23)20-25)26-12-13-29-27(21-26)19-22(4-2)31(35)33-29/h6-13,19-21,28,30,32H,3-5,14-18H2,1-2H3,(H,33,35). The molecule has 1 aliphatic rings. The molecule has 5 rings (SSSR count). The summed E-state index contributed by atoms with van der Waals surface area (Å²) in [6.07, 6.45) is 5.58. The van der Waals surface area contributed by atoms with Crippen LogP contribution in [0.1, 0.15) is 62.3 Å². The average molecular weight is 468 g/mol. The molecule has 0 bridgehead atoms. The average Bonchev–Trinajstić information content (AvgIpc) is 2.89. The maximum atomic E-state index is 12.3. The van der Waals surface area contributed by atoms with E-state index in [9.17, 15) is 4.79 Å². The van der Waals surface area contributed by atoms with Gasteiger partial charge >= 0.3 is 0 Å². The van der Waals surface area contributed by atoms with E-state index in [2.05, 4.69) is 88.9 Å². The van der Waals surface area contributed by atoms with Gasteiger partial charge in [0.2, 0.25) is 0 Å². The van der Waals surface area contributed by atoms with E-state index in [1.165, 1.54) is 47.6 Å². The first-order valence-electron chi connectivity index (χ1n) is 13.3. The molecule has 0 amide bonds.